The number of rotatable bonds is 6. The Morgan fingerprint density at radius 2 is 1.33 bits per heavy atom. The maximum Gasteiger partial charge on any atom is 0.346 e. The van der Waals surface area contributed by atoms with Crippen molar-refractivity contribution in [1.29, 1.82) is 5.26 Å². The first-order valence-electron chi connectivity index (χ1n) is 9.21. The molecule has 3 rings (SSSR count). The number of carboxylic acid groups (broad SMARTS) is 1. The zero-order chi connectivity index (χ0) is 21.5. The first kappa shape index (κ1) is 20.5. The van der Waals surface area contributed by atoms with Gasteiger partial charge >= 0.3 is 5.97 Å². The average Bonchev–Trinajstić information content (AvgIpc) is 2.77. The summed E-state index contributed by atoms with van der Waals surface area (Å²) in [6, 6.07) is 24.5. The number of carboxylic acids is 1. The summed E-state index contributed by atoms with van der Waals surface area (Å²) in [7, 11) is 3.98. The van der Waals surface area contributed by atoms with Crippen LogP contribution in [0.1, 0.15) is 5.56 Å². The Labute approximate surface area is 175 Å². The molecule has 0 spiro atoms. The lowest BCUT2D eigenvalue weighted by atomic mass is 10.0. The average molecular weight is 396 g/mol. The van der Waals surface area contributed by atoms with E-state index in [1.54, 1.807) is 18.2 Å². The fourth-order valence-corrected chi connectivity index (χ4v) is 2.73. The normalized spacial score (nSPS) is 11.3. The number of azo groups is 1. The molecule has 0 heterocycles. The van der Waals surface area contributed by atoms with Gasteiger partial charge in [-0.1, -0.05) is 36.4 Å². The van der Waals surface area contributed by atoms with Crippen LogP contribution in [0.25, 0.3) is 17.2 Å². The standard InChI is InChI=1S/C24H20N4O2/c1-28(2)23-13-11-22(12-14-23)27-26-21-9-7-19(8-10-21)18-5-3-17(4-6-18)15-20(16-25)24(29)30/h3-15H,1-2H3,(H,29,30)/b20-15+,27-26?. The molecule has 3 aromatic carbocycles. The quantitative estimate of drug-likeness (QED) is 0.323. The van der Waals surface area contributed by atoms with Crippen molar-refractivity contribution in [1.82, 2.24) is 0 Å². The van der Waals surface area contributed by atoms with Gasteiger partial charge in [-0.25, -0.2) is 4.79 Å². The number of nitriles is 1. The van der Waals surface area contributed by atoms with Crippen molar-refractivity contribution in [2.24, 2.45) is 10.2 Å². The summed E-state index contributed by atoms with van der Waals surface area (Å²) < 4.78 is 0. The smallest absolute Gasteiger partial charge is 0.346 e. The SMILES string of the molecule is CN(C)c1ccc(N=Nc2ccc(-c3ccc(/C=C(\C#N)C(=O)O)cc3)cc2)cc1. The number of anilines is 1. The van der Waals surface area contributed by atoms with E-state index in [0.29, 0.717) is 5.56 Å². The Hall–Kier alpha value is -4.24. The summed E-state index contributed by atoms with van der Waals surface area (Å²) in [5.41, 5.74) is 4.97. The Balaban J connectivity index is 1.71. The molecule has 6 heteroatoms. The van der Waals surface area contributed by atoms with Crippen LogP contribution in [0.3, 0.4) is 0 Å². The van der Waals surface area contributed by atoms with E-state index in [4.69, 9.17) is 10.4 Å². The molecule has 0 atom stereocenters. The van der Waals surface area contributed by atoms with E-state index in [1.165, 1.54) is 6.08 Å². The molecular weight excluding hydrogens is 376 g/mol. The Bertz CT molecular complexity index is 1120. The maximum absolute atomic E-state index is 10.9. The van der Waals surface area contributed by atoms with Gasteiger partial charge in [0.05, 0.1) is 11.4 Å². The number of aliphatic carboxylic acids is 1. The predicted molar refractivity (Wildman–Crippen MR) is 118 cm³/mol. The Kier molecular flexibility index (Phi) is 6.36. The van der Waals surface area contributed by atoms with Gasteiger partial charge in [0.15, 0.2) is 0 Å². The zero-order valence-electron chi connectivity index (χ0n) is 16.6. The molecule has 6 nitrogen and oxygen atoms in total. The minimum Gasteiger partial charge on any atom is -0.477 e. The summed E-state index contributed by atoms with van der Waals surface area (Å²) in [5.74, 6) is -1.24. The second kappa shape index (κ2) is 9.30. The van der Waals surface area contributed by atoms with Crippen molar-refractivity contribution in [3.63, 3.8) is 0 Å². The fourth-order valence-electron chi connectivity index (χ4n) is 2.73. The van der Waals surface area contributed by atoms with E-state index in [9.17, 15) is 4.79 Å². The van der Waals surface area contributed by atoms with Crippen molar-refractivity contribution in [3.05, 3.63) is 83.9 Å². The third-order valence-electron chi connectivity index (χ3n) is 4.42. The van der Waals surface area contributed by atoms with E-state index in [-0.39, 0.29) is 5.57 Å². The zero-order valence-corrected chi connectivity index (χ0v) is 16.6. The van der Waals surface area contributed by atoms with Crippen LogP contribution in [0.4, 0.5) is 17.1 Å². The molecule has 1 N–H and O–H groups in total. The van der Waals surface area contributed by atoms with Crippen LogP contribution in [-0.2, 0) is 4.79 Å². The third-order valence-corrected chi connectivity index (χ3v) is 4.42. The highest BCUT2D eigenvalue weighted by Crippen LogP contribution is 2.25. The molecule has 0 saturated heterocycles. The van der Waals surface area contributed by atoms with Crippen molar-refractivity contribution >= 4 is 29.1 Å². The van der Waals surface area contributed by atoms with Gasteiger partial charge in [0.25, 0.3) is 0 Å². The number of carbonyl (C=O) groups is 1. The highest BCUT2D eigenvalue weighted by Gasteiger charge is 2.06. The summed E-state index contributed by atoms with van der Waals surface area (Å²) in [6.45, 7) is 0. The summed E-state index contributed by atoms with van der Waals surface area (Å²) in [4.78, 5) is 13.0. The minimum absolute atomic E-state index is 0.297. The van der Waals surface area contributed by atoms with E-state index in [1.807, 2.05) is 79.7 Å². The number of benzene rings is 3. The van der Waals surface area contributed by atoms with Crippen LogP contribution in [0.15, 0.2) is 88.6 Å². The second-order valence-electron chi connectivity index (χ2n) is 6.75. The molecule has 0 saturated carbocycles. The van der Waals surface area contributed by atoms with Gasteiger partial charge in [0, 0.05) is 19.8 Å². The van der Waals surface area contributed by atoms with Gasteiger partial charge in [-0.05, 0) is 59.2 Å². The van der Waals surface area contributed by atoms with E-state index >= 15 is 0 Å². The first-order chi connectivity index (χ1) is 14.5. The monoisotopic (exact) mass is 396 g/mol. The van der Waals surface area contributed by atoms with Crippen molar-refractivity contribution < 1.29 is 9.90 Å². The van der Waals surface area contributed by atoms with Crippen LogP contribution in [-0.4, -0.2) is 25.2 Å². The van der Waals surface area contributed by atoms with Crippen LogP contribution in [0.5, 0.6) is 0 Å². The molecule has 3 aromatic rings. The minimum atomic E-state index is -1.24. The molecule has 0 aromatic heterocycles. The second-order valence-corrected chi connectivity index (χ2v) is 6.75. The van der Waals surface area contributed by atoms with Crippen molar-refractivity contribution in [3.8, 4) is 17.2 Å². The number of nitrogens with zero attached hydrogens (tertiary/aromatic N) is 4. The molecule has 30 heavy (non-hydrogen) atoms. The molecular formula is C24H20N4O2. The molecule has 0 bridgehead atoms. The van der Waals surface area contributed by atoms with Crippen molar-refractivity contribution in [2.75, 3.05) is 19.0 Å². The van der Waals surface area contributed by atoms with Gasteiger partial charge in [-0.3, -0.25) is 0 Å². The summed E-state index contributed by atoms with van der Waals surface area (Å²) in [6.07, 6.45) is 1.35. The molecule has 0 aliphatic rings. The Morgan fingerprint density at radius 1 is 0.867 bits per heavy atom. The third kappa shape index (κ3) is 5.18. The predicted octanol–water partition coefficient (Wildman–Crippen LogP) is 5.83. The fraction of sp³-hybridized carbons (Fsp3) is 0.0833. The van der Waals surface area contributed by atoms with Gasteiger partial charge < -0.3 is 10.0 Å². The lowest BCUT2D eigenvalue weighted by Crippen LogP contribution is -2.07. The van der Waals surface area contributed by atoms with Crippen LogP contribution in [0, 0.1) is 11.3 Å². The lowest BCUT2D eigenvalue weighted by Gasteiger charge is -2.11. The lowest BCUT2D eigenvalue weighted by molar-refractivity contribution is -0.132. The van der Waals surface area contributed by atoms with Crippen LogP contribution >= 0.6 is 0 Å². The molecule has 0 amide bonds. The number of hydrogen-bond donors (Lipinski definition) is 1. The summed E-state index contributed by atoms with van der Waals surface area (Å²) >= 11 is 0. The maximum atomic E-state index is 10.9. The highest BCUT2D eigenvalue weighted by molar-refractivity contribution is 5.96. The molecule has 0 unspecified atom stereocenters. The van der Waals surface area contributed by atoms with Gasteiger partial charge in [0.2, 0.25) is 0 Å². The van der Waals surface area contributed by atoms with Crippen molar-refractivity contribution in [2.45, 2.75) is 0 Å². The van der Waals surface area contributed by atoms with Gasteiger partial charge in [-0.2, -0.15) is 15.5 Å². The topological polar surface area (TPSA) is 89.0 Å². The largest absolute Gasteiger partial charge is 0.477 e. The Morgan fingerprint density at radius 3 is 1.77 bits per heavy atom. The van der Waals surface area contributed by atoms with E-state index in [0.717, 1.165) is 28.2 Å². The van der Waals surface area contributed by atoms with Gasteiger partial charge in [-0.15, -0.1) is 0 Å². The molecule has 0 fully saturated rings. The van der Waals surface area contributed by atoms with Gasteiger partial charge in [0.1, 0.15) is 11.6 Å². The van der Waals surface area contributed by atoms with E-state index in [2.05, 4.69) is 10.2 Å². The molecule has 0 aliphatic heterocycles. The first-order valence-corrected chi connectivity index (χ1v) is 9.21. The van der Waals surface area contributed by atoms with E-state index < -0.39 is 5.97 Å². The molecule has 0 radical (unpaired) electrons. The molecule has 148 valence electrons. The van der Waals surface area contributed by atoms with Crippen LogP contribution < -0.4 is 4.90 Å². The number of hydrogen-bond acceptors (Lipinski definition) is 5. The summed E-state index contributed by atoms with van der Waals surface area (Å²) in [5, 5.41) is 26.3. The highest BCUT2D eigenvalue weighted by atomic mass is 16.4. The molecule has 0 aliphatic carbocycles. The van der Waals surface area contributed by atoms with Crippen LogP contribution in [0.2, 0.25) is 0 Å².